The van der Waals surface area contributed by atoms with Gasteiger partial charge in [0.15, 0.2) is 0 Å². The maximum Gasteiger partial charge on any atom is 0.247 e. The van der Waals surface area contributed by atoms with Crippen LogP contribution in [-0.2, 0) is 19.4 Å². The van der Waals surface area contributed by atoms with Gasteiger partial charge in [0.2, 0.25) is 17.7 Å². The summed E-state index contributed by atoms with van der Waals surface area (Å²) < 4.78 is 63.9. The SMILES string of the molecule is Cc1c(OCCCS(C)(=O)=O)cn2ncnc(Oc3ccc(NC(=O)C4(C(=O)Nc5ccc(F)cc5)CC4)c(F)c3)c12. The topological polar surface area (TPSA) is 141 Å². The van der Waals surface area contributed by atoms with Crippen molar-refractivity contribution in [2.75, 3.05) is 29.2 Å². The highest BCUT2D eigenvalue weighted by Gasteiger charge is 2.56. The Morgan fingerprint density at radius 3 is 2.45 bits per heavy atom. The van der Waals surface area contributed by atoms with E-state index in [1.807, 2.05) is 0 Å². The van der Waals surface area contributed by atoms with Gasteiger partial charge in [-0.15, -0.1) is 0 Å². The Balaban J connectivity index is 1.26. The minimum atomic E-state index is -3.10. The lowest BCUT2D eigenvalue weighted by molar-refractivity contribution is -0.131. The van der Waals surface area contributed by atoms with Crippen molar-refractivity contribution in [3.05, 3.63) is 72.2 Å². The second kappa shape index (κ2) is 11.4. The third kappa shape index (κ3) is 6.33. The number of anilines is 2. The molecule has 0 spiro atoms. The molecule has 1 aliphatic carbocycles. The zero-order valence-corrected chi connectivity index (χ0v) is 23.5. The van der Waals surface area contributed by atoms with Crippen LogP contribution in [0.2, 0.25) is 0 Å². The lowest BCUT2D eigenvalue weighted by atomic mass is 10.0. The number of hydrogen-bond donors (Lipinski definition) is 2. The van der Waals surface area contributed by atoms with Crippen molar-refractivity contribution in [1.29, 1.82) is 0 Å². The van der Waals surface area contributed by atoms with Gasteiger partial charge in [0.1, 0.15) is 50.2 Å². The highest BCUT2D eigenvalue weighted by Crippen LogP contribution is 2.47. The number of amides is 2. The molecule has 0 saturated heterocycles. The lowest BCUT2D eigenvalue weighted by Crippen LogP contribution is -2.35. The van der Waals surface area contributed by atoms with E-state index < -0.39 is 38.7 Å². The second-order valence-electron chi connectivity index (χ2n) is 10.0. The highest BCUT2D eigenvalue weighted by molar-refractivity contribution is 7.90. The first-order chi connectivity index (χ1) is 19.9. The van der Waals surface area contributed by atoms with Crippen LogP contribution in [0.25, 0.3) is 5.52 Å². The van der Waals surface area contributed by atoms with Gasteiger partial charge in [-0.25, -0.2) is 21.7 Å². The number of fused-ring (bicyclic) bond motifs is 1. The van der Waals surface area contributed by atoms with Crippen LogP contribution in [0, 0.1) is 24.0 Å². The molecule has 220 valence electrons. The molecule has 4 aromatic rings. The van der Waals surface area contributed by atoms with Crippen LogP contribution in [0.15, 0.2) is 55.0 Å². The first-order valence-corrected chi connectivity index (χ1v) is 15.0. The minimum absolute atomic E-state index is 0.000222. The summed E-state index contributed by atoms with van der Waals surface area (Å²) in [6.07, 6.45) is 4.93. The van der Waals surface area contributed by atoms with E-state index >= 15 is 4.39 Å². The summed E-state index contributed by atoms with van der Waals surface area (Å²) in [7, 11) is -3.10. The summed E-state index contributed by atoms with van der Waals surface area (Å²) in [5.74, 6) is -1.77. The van der Waals surface area contributed by atoms with Crippen LogP contribution in [0.4, 0.5) is 20.2 Å². The molecule has 0 unspecified atom stereocenters. The Morgan fingerprint density at radius 1 is 1.07 bits per heavy atom. The van der Waals surface area contributed by atoms with Crippen molar-refractivity contribution in [3.8, 4) is 17.4 Å². The zero-order chi connectivity index (χ0) is 30.1. The van der Waals surface area contributed by atoms with Gasteiger partial charge in [0, 0.05) is 23.6 Å². The van der Waals surface area contributed by atoms with Crippen molar-refractivity contribution < 1.29 is 36.3 Å². The molecule has 5 rings (SSSR count). The van der Waals surface area contributed by atoms with Crippen LogP contribution in [0.3, 0.4) is 0 Å². The molecule has 1 saturated carbocycles. The van der Waals surface area contributed by atoms with Crippen LogP contribution >= 0.6 is 0 Å². The number of nitrogens with one attached hydrogen (secondary N) is 2. The van der Waals surface area contributed by atoms with Gasteiger partial charge < -0.3 is 20.1 Å². The molecule has 0 bridgehead atoms. The number of benzene rings is 2. The van der Waals surface area contributed by atoms with Gasteiger partial charge in [0.25, 0.3) is 0 Å². The molecule has 1 fully saturated rings. The van der Waals surface area contributed by atoms with Gasteiger partial charge in [-0.3, -0.25) is 9.59 Å². The van der Waals surface area contributed by atoms with E-state index in [-0.39, 0.29) is 29.7 Å². The summed E-state index contributed by atoms with van der Waals surface area (Å²) in [5.41, 5.74) is -0.0284. The Hall–Kier alpha value is -4.59. The van der Waals surface area contributed by atoms with Gasteiger partial charge in [-0.05, 0) is 62.6 Å². The monoisotopic (exact) mass is 599 g/mol. The van der Waals surface area contributed by atoms with Gasteiger partial charge in [-0.2, -0.15) is 10.1 Å². The number of rotatable bonds is 11. The Bertz CT molecular complexity index is 1770. The van der Waals surface area contributed by atoms with Crippen LogP contribution in [-0.4, -0.2) is 53.4 Å². The van der Waals surface area contributed by atoms with E-state index in [0.29, 0.717) is 41.8 Å². The predicted octanol–water partition coefficient (Wildman–Crippen LogP) is 4.28. The van der Waals surface area contributed by atoms with Crippen molar-refractivity contribution >= 4 is 38.5 Å². The van der Waals surface area contributed by atoms with E-state index in [4.69, 9.17) is 9.47 Å². The molecular formula is C28H27F2N5O6S. The number of carbonyl (C=O) groups excluding carboxylic acids is 2. The smallest absolute Gasteiger partial charge is 0.247 e. The quantitative estimate of drug-likeness (QED) is 0.192. The van der Waals surface area contributed by atoms with Gasteiger partial charge in [-0.1, -0.05) is 0 Å². The summed E-state index contributed by atoms with van der Waals surface area (Å²) in [5, 5.41) is 9.23. The number of aromatic nitrogens is 3. The predicted molar refractivity (Wildman–Crippen MR) is 149 cm³/mol. The first kappa shape index (κ1) is 28.9. The molecule has 1 aliphatic rings. The number of halogens is 2. The average Bonchev–Trinajstić information content (AvgIpc) is 3.69. The van der Waals surface area contributed by atoms with Gasteiger partial charge >= 0.3 is 0 Å². The van der Waals surface area contributed by atoms with Crippen molar-refractivity contribution in [2.24, 2.45) is 5.41 Å². The Kier molecular flexibility index (Phi) is 7.82. The molecule has 0 radical (unpaired) electrons. The standard InChI is InChI=1S/C28H27F2N5O6S/c1-17-23(40-12-3-13-42(2,38)39)15-35-24(17)25(31-16-32-35)41-20-8-9-22(21(30)14-20)34-27(37)28(10-11-28)26(36)33-19-6-4-18(29)5-7-19/h4-9,14-16H,3,10-13H2,1-2H3,(H,33,36)(H,34,37). The number of sulfone groups is 1. The molecule has 0 aliphatic heterocycles. The molecule has 14 heteroatoms. The third-order valence-electron chi connectivity index (χ3n) is 6.79. The molecule has 42 heavy (non-hydrogen) atoms. The molecule has 11 nitrogen and oxygen atoms in total. The Labute approximate surface area is 239 Å². The maximum atomic E-state index is 15.0. The lowest BCUT2D eigenvalue weighted by Gasteiger charge is -2.16. The average molecular weight is 600 g/mol. The van der Waals surface area contributed by atoms with Crippen molar-refractivity contribution in [2.45, 2.75) is 26.2 Å². The molecule has 0 atom stereocenters. The number of hydrogen-bond acceptors (Lipinski definition) is 8. The number of carbonyl (C=O) groups is 2. The normalized spacial score (nSPS) is 13.9. The number of ether oxygens (including phenoxy) is 2. The van der Waals surface area contributed by atoms with Gasteiger partial charge in [0.05, 0.1) is 24.2 Å². The zero-order valence-electron chi connectivity index (χ0n) is 22.7. The Morgan fingerprint density at radius 2 is 1.79 bits per heavy atom. The molecule has 2 aromatic carbocycles. The van der Waals surface area contributed by atoms with Crippen molar-refractivity contribution in [1.82, 2.24) is 14.6 Å². The third-order valence-corrected chi connectivity index (χ3v) is 7.82. The molecular weight excluding hydrogens is 572 g/mol. The minimum Gasteiger partial charge on any atom is -0.492 e. The second-order valence-corrected chi connectivity index (χ2v) is 12.3. The number of aryl methyl sites for hydroxylation is 1. The van der Waals surface area contributed by atoms with Crippen LogP contribution in [0.5, 0.6) is 17.4 Å². The number of nitrogens with zero attached hydrogens (tertiary/aromatic N) is 3. The summed E-state index contributed by atoms with van der Waals surface area (Å²) in [6, 6.07) is 8.98. The van der Waals surface area contributed by atoms with Crippen LogP contribution in [0.1, 0.15) is 24.8 Å². The summed E-state index contributed by atoms with van der Waals surface area (Å²) in [4.78, 5) is 29.9. The van der Waals surface area contributed by atoms with Crippen molar-refractivity contribution in [3.63, 3.8) is 0 Å². The van der Waals surface area contributed by atoms with E-state index in [1.165, 1.54) is 47.2 Å². The molecule has 2 amide bonds. The molecule has 2 aromatic heterocycles. The molecule has 2 N–H and O–H groups in total. The maximum absolute atomic E-state index is 15.0. The first-order valence-electron chi connectivity index (χ1n) is 12.9. The fourth-order valence-corrected chi connectivity index (χ4v) is 4.95. The molecule has 2 heterocycles. The van der Waals surface area contributed by atoms with E-state index in [2.05, 4.69) is 20.7 Å². The summed E-state index contributed by atoms with van der Waals surface area (Å²) in [6.45, 7) is 1.94. The van der Waals surface area contributed by atoms with E-state index in [9.17, 15) is 22.4 Å². The van der Waals surface area contributed by atoms with E-state index in [1.54, 1.807) is 13.1 Å². The summed E-state index contributed by atoms with van der Waals surface area (Å²) >= 11 is 0. The van der Waals surface area contributed by atoms with E-state index in [0.717, 1.165) is 12.3 Å². The largest absolute Gasteiger partial charge is 0.492 e. The van der Waals surface area contributed by atoms with Crippen LogP contribution < -0.4 is 20.1 Å². The highest BCUT2D eigenvalue weighted by atomic mass is 32.2. The fraction of sp³-hybridized carbons (Fsp3) is 0.286. The fourth-order valence-electron chi connectivity index (χ4n) is 4.31.